The van der Waals surface area contributed by atoms with Crippen molar-refractivity contribution in [3.8, 4) is 0 Å². The number of carbonyl (C=O) groups excluding carboxylic acids is 1. The third-order valence-electron chi connectivity index (χ3n) is 2.95. The van der Waals surface area contributed by atoms with Gasteiger partial charge in [0.1, 0.15) is 5.82 Å². The standard InChI is InChI=1S/C15H14BrFN2O/c1-2-19(12-6-4-11(17)5-7-12)15(20)13-9-10(16)3-8-14(13)18/h3-9H,2,18H2,1H3. The molecule has 0 heterocycles. The molecule has 2 N–H and O–H groups in total. The first kappa shape index (κ1) is 14.5. The van der Waals surface area contributed by atoms with Crippen LogP contribution in [-0.4, -0.2) is 12.5 Å². The van der Waals surface area contributed by atoms with Crippen LogP contribution in [0.4, 0.5) is 15.8 Å². The third kappa shape index (κ3) is 2.99. The van der Waals surface area contributed by atoms with E-state index in [0.717, 1.165) is 4.47 Å². The van der Waals surface area contributed by atoms with Gasteiger partial charge in [-0.3, -0.25) is 4.79 Å². The van der Waals surface area contributed by atoms with Gasteiger partial charge in [-0.1, -0.05) is 15.9 Å². The molecular formula is C15H14BrFN2O. The van der Waals surface area contributed by atoms with Crippen LogP contribution < -0.4 is 10.6 Å². The van der Waals surface area contributed by atoms with Gasteiger partial charge in [0.25, 0.3) is 5.91 Å². The second-order valence-electron chi connectivity index (χ2n) is 4.26. The summed E-state index contributed by atoms with van der Waals surface area (Å²) in [4.78, 5) is 14.1. The maximum absolute atomic E-state index is 13.0. The van der Waals surface area contributed by atoms with Gasteiger partial charge in [-0.05, 0) is 49.4 Å². The van der Waals surface area contributed by atoms with Gasteiger partial charge >= 0.3 is 0 Å². The molecule has 0 unspecified atom stereocenters. The molecule has 3 nitrogen and oxygen atoms in total. The van der Waals surface area contributed by atoms with Crippen molar-refractivity contribution in [2.75, 3.05) is 17.2 Å². The van der Waals surface area contributed by atoms with Gasteiger partial charge in [0, 0.05) is 22.4 Å². The Morgan fingerprint density at radius 1 is 1.25 bits per heavy atom. The van der Waals surface area contributed by atoms with Crippen LogP contribution in [0.25, 0.3) is 0 Å². The Balaban J connectivity index is 2.38. The number of carbonyl (C=O) groups is 1. The summed E-state index contributed by atoms with van der Waals surface area (Å²) < 4.78 is 13.7. The highest BCUT2D eigenvalue weighted by molar-refractivity contribution is 9.10. The van der Waals surface area contributed by atoms with Crippen LogP contribution in [0.3, 0.4) is 0 Å². The molecule has 0 radical (unpaired) electrons. The largest absolute Gasteiger partial charge is 0.398 e. The monoisotopic (exact) mass is 336 g/mol. The fourth-order valence-corrected chi connectivity index (χ4v) is 2.28. The lowest BCUT2D eigenvalue weighted by atomic mass is 10.1. The molecule has 0 saturated heterocycles. The predicted molar refractivity (Wildman–Crippen MR) is 82.3 cm³/mol. The van der Waals surface area contributed by atoms with Crippen molar-refractivity contribution in [3.63, 3.8) is 0 Å². The zero-order valence-electron chi connectivity index (χ0n) is 10.9. The predicted octanol–water partition coefficient (Wildman–Crippen LogP) is 3.84. The number of nitrogens with zero attached hydrogens (tertiary/aromatic N) is 1. The molecule has 2 aromatic rings. The summed E-state index contributed by atoms with van der Waals surface area (Å²) in [6.45, 7) is 2.33. The lowest BCUT2D eigenvalue weighted by Gasteiger charge is -2.22. The maximum Gasteiger partial charge on any atom is 0.260 e. The molecule has 5 heteroatoms. The Labute approximate surface area is 125 Å². The first-order chi connectivity index (χ1) is 9.52. The van der Waals surface area contributed by atoms with E-state index in [1.54, 1.807) is 35.2 Å². The second kappa shape index (κ2) is 6.05. The van der Waals surface area contributed by atoms with Gasteiger partial charge < -0.3 is 10.6 Å². The summed E-state index contributed by atoms with van der Waals surface area (Å²) in [6.07, 6.45) is 0. The van der Waals surface area contributed by atoms with Gasteiger partial charge in [0.15, 0.2) is 0 Å². The summed E-state index contributed by atoms with van der Waals surface area (Å²) in [5, 5.41) is 0. The number of halogens is 2. The highest BCUT2D eigenvalue weighted by Crippen LogP contribution is 2.23. The van der Waals surface area contributed by atoms with Crippen LogP contribution in [0.15, 0.2) is 46.9 Å². The average molecular weight is 337 g/mol. The van der Waals surface area contributed by atoms with Crippen LogP contribution in [-0.2, 0) is 0 Å². The molecule has 0 saturated carbocycles. The van der Waals surface area contributed by atoms with Crippen molar-refractivity contribution < 1.29 is 9.18 Å². The number of hydrogen-bond acceptors (Lipinski definition) is 2. The topological polar surface area (TPSA) is 46.3 Å². The molecule has 0 atom stereocenters. The van der Waals surface area contributed by atoms with Crippen molar-refractivity contribution >= 4 is 33.2 Å². The van der Waals surface area contributed by atoms with Crippen LogP contribution >= 0.6 is 15.9 Å². The number of anilines is 2. The Morgan fingerprint density at radius 2 is 1.90 bits per heavy atom. The highest BCUT2D eigenvalue weighted by Gasteiger charge is 2.18. The van der Waals surface area contributed by atoms with E-state index in [1.165, 1.54) is 12.1 Å². The normalized spacial score (nSPS) is 10.3. The Kier molecular flexibility index (Phi) is 4.39. The summed E-state index contributed by atoms with van der Waals surface area (Å²) in [5.41, 5.74) is 7.33. The molecule has 2 aromatic carbocycles. The molecule has 0 aliphatic rings. The van der Waals surface area contributed by atoms with Crippen molar-refractivity contribution in [1.82, 2.24) is 0 Å². The maximum atomic E-state index is 13.0. The van der Waals surface area contributed by atoms with Gasteiger partial charge in [-0.25, -0.2) is 4.39 Å². The van der Waals surface area contributed by atoms with Crippen LogP contribution in [0, 0.1) is 5.82 Å². The summed E-state index contributed by atoms with van der Waals surface area (Å²) >= 11 is 3.33. The summed E-state index contributed by atoms with van der Waals surface area (Å²) in [6, 6.07) is 10.9. The van der Waals surface area contributed by atoms with Crippen molar-refractivity contribution in [3.05, 3.63) is 58.3 Å². The number of amides is 1. The molecule has 2 rings (SSSR count). The molecule has 0 aliphatic heterocycles. The molecule has 20 heavy (non-hydrogen) atoms. The SMILES string of the molecule is CCN(C(=O)c1cc(Br)ccc1N)c1ccc(F)cc1. The molecular weight excluding hydrogens is 323 g/mol. The number of rotatable bonds is 3. The van der Waals surface area contributed by atoms with E-state index in [9.17, 15) is 9.18 Å². The first-order valence-corrected chi connectivity index (χ1v) is 6.94. The van der Waals surface area contributed by atoms with Gasteiger partial charge in [-0.15, -0.1) is 0 Å². The molecule has 0 spiro atoms. The molecule has 0 aliphatic carbocycles. The van der Waals surface area contributed by atoms with E-state index in [2.05, 4.69) is 15.9 Å². The average Bonchev–Trinajstić information content (AvgIpc) is 2.44. The fraction of sp³-hybridized carbons (Fsp3) is 0.133. The number of benzene rings is 2. The highest BCUT2D eigenvalue weighted by atomic mass is 79.9. The molecule has 0 fully saturated rings. The lowest BCUT2D eigenvalue weighted by Crippen LogP contribution is -2.31. The van der Waals surface area contributed by atoms with Gasteiger partial charge in [-0.2, -0.15) is 0 Å². The third-order valence-corrected chi connectivity index (χ3v) is 3.44. The van der Waals surface area contributed by atoms with Gasteiger partial charge in [0.2, 0.25) is 0 Å². The summed E-state index contributed by atoms with van der Waals surface area (Å²) in [7, 11) is 0. The second-order valence-corrected chi connectivity index (χ2v) is 5.17. The quantitative estimate of drug-likeness (QED) is 0.865. The number of nitrogens with two attached hydrogens (primary N) is 1. The Morgan fingerprint density at radius 3 is 2.50 bits per heavy atom. The fourth-order valence-electron chi connectivity index (χ4n) is 1.92. The zero-order valence-corrected chi connectivity index (χ0v) is 12.5. The Hall–Kier alpha value is -1.88. The van der Waals surface area contributed by atoms with Crippen LogP contribution in [0.2, 0.25) is 0 Å². The zero-order chi connectivity index (χ0) is 14.7. The Bertz CT molecular complexity index is 628. The summed E-state index contributed by atoms with van der Waals surface area (Å²) in [5.74, 6) is -0.544. The molecule has 1 amide bonds. The molecule has 0 aromatic heterocycles. The van der Waals surface area contributed by atoms with Crippen LogP contribution in [0.5, 0.6) is 0 Å². The van der Waals surface area contributed by atoms with Crippen LogP contribution in [0.1, 0.15) is 17.3 Å². The number of nitrogen functional groups attached to an aromatic ring is 1. The smallest absolute Gasteiger partial charge is 0.260 e. The van der Waals surface area contributed by atoms with E-state index >= 15 is 0 Å². The minimum atomic E-state index is -0.334. The van der Waals surface area contributed by atoms with E-state index < -0.39 is 0 Å². The minimum absolute atomic E-state index is 0.210. The van der Waals surface area contributed by atoms with E-state index in [1.807, 2.05) is 6.92 Å². The van der Waals surface area contributed by atoms with Crippen molar-refractivity contribution in [2.24, 2.45) is 0 Å². The van der Waals surface area contributed by atoms with E-state index in [4.69, 9.17) is 5.73 Å². The minimum Gasteiger partial charge on any atom is -0.398 e. The van der Waals surface area contributed by atoms with Crippen molar-refractivity contribution in [1.29, 1.82) is 0 Å². The molecule has 104 valence electrons. The van der Waals surface area contributed by atoms with E-state index in [-0.39, 0.29) is 11.7 Å². The van der Waals surface area contributed by atoms with Crippen molar-refractivity contribution in [2.45, 2.75) is 6.92 Å². The van der Waals surface area contributed by atoms with E-state index in [0.29, 0.717) is 23.5 Å². The molecule has 0 bridgehead atoms. The number of hydrogen-bond donors (Lipinski definition) is 1. The lowest BCUT2D eigenvalue weighted by molar-refractivity contribution is 0.0989. The first-order valence-electron chi connectivity index (χ1n) is 6.15. The van der Waals surface area contributed by atoms with Gasteiger partial charge in [0.05, 0.1) is 5.56 Å².